The summed E-state index contributed by atoms with van der Waals surface area (Å²) in [7, 11) is 1.61. The number of hydrogen-bond acceptors (Lipinski definition) is 6. The minimum atomic E-state index is -0.364. The van der Waals surface area contributed by atoms with Gasteiger partial charge in [-0.05, 0) is 54.1 Å². The van der Waals surface area contributed by atoms with Crippen LogP contribution in [0.5, 0.6) is 11.5 Å². The SMILES string of the molecule is COc1ccc2nc(N(Cc3cccnc3)C(=O)COc3ccc(F)cc3)sc2c1. The van der Waals surface area contributed by atoms with Crippen molar-refractivity contribution in [2.75, 3.05) is 18.6 Å². The second-order valence-corrected chi connectivity index (χ2v) is 7.42. The van der Waals surface area contributed by atoms with Gasteiger partial charge in [-0.15, -0.1) is 0 Å². The van der Waals surface area contributed by atoms with Crippen LogP contribution in [0.3, 0.4) is 0 Å². The number of thiazole rings is 1. The van der Waals surface area contributed by atoms with Gasteiger partial charge in [0.25, 0.3) is 5.91 Å². The number of fused-ring (bicyclic) bond motifs is 1. The van der Waals surface area contributed by atoms with E-state index in [2.05, 4.69) is 9.97 Å². The lowest BCUT2D eigenvalue weighted by Gasteiger charge is -2.20. The highest BCUT2D eigenvalue weighted by Crippen LogP contribution is 2.32. The molecule has 0 aliphatic heterocycles. The monoisotopic (exact) mass is 423 g/mol. The van der Waals surface area contributed by atoms with Gasteiger partial charge in [0.15, 0.2) is 11.7 Å². The summed E-state index contributed by atoms with van der Waals surface area (Å²) in [5, 5.41) is 0.551. The van der Waals surface area contributed by atoms with Gasteiger partial charge in [0, 0.05) is 12.4 Å². The lowest BCUT2D eigenvalue weighted by molar-refractivity contribution is -0.120. The van der Waals surface area contributed by atoms with Crippen LogP contribution in [0.2, 0.25) is 0 Å². The summed E-state index contributed by atoms with van der Waals surface area (Å²) in [6, 6.07) is 14.8. The highest BCUT2D eigenvalue weighted by Gasteiger charge is 2.21. The number of hydrogen-bond donors (Lipinski definition) is 0. The van der Waals surface area contributed by atoms with Gasteiger partial charge < -0.3 is 9.47 Å². The van der Waals surface area contributed by atoms with Crippen molar-refractivity contribution in [1.82, 2.24) is 9.97 Å². The van der Waals surface area contributed by atoms with E-state index in [1.54, 1.807) is 24.4 Å². The number of nitrogens with zero attached hydrogens (tertiary/aromatic N) is 3. The average Bonchev–Trinajstić information content (AvgIpc) is 3.20. The molecule has 0 saturated carbocycles. The fraction of sp³-hybridized carbons (Fsp3) is 0.136. The number of rotatable bonds is 7. The molecule has 1 amide bonds. The molecule has 0 N–H and O–H groups in total. The van der Waals surface area contributed by atoms with Gasteiger partial charge in [0.1, 0.15) is 17.3 Å². The predicted molar refractivity (Wildman–Crippen MR) is 113 cm³/mol. The molecule has 0 atom stereocenters. The third-order valence-electron chi connectivity index (χ3n) is 4.36. The van der Waals surface area contributed by atoms with E-state index in [9.17, 15) is 9.18 Å². The number of aromatic nitrogens is 2. The molecule has 0 aliphatic rings. The topological polar surface area (TPSA) is 64.5 Å². The van der Waals surface area contributed by atoms with Crippen LogP contribution < -0.4 is 14.4 Å². The molecule has 6 nitrogen and oxygen atoms in total. The molecule has 30 heavy (non-hydrogen) atoms. The normalized spacial score (nSPS) is 10.7. The number of carbonyl (C=O) groups excluding carboxylic acids is 1. The third kappa shape index (κ3) is 4.55. The summed E-state index contributed by atoms with van der Waals surface area (Å²) in [4.78, 5) is 23.3. The van der Waals surface area contributed by atoms with Crippen LogP contribution in [0.4, 0.5) is 9.52 Å². The molecule has 0 radical (unpaired) electrons. The maximum absolute atomic E-state index is 13.1. The Morgan fingerprint density at radius 3 is 2.67 bits per heavy atom. The fourth-order valence-electron chi connectivity index (χ4n) is 2.83. The zero-order chi connectivity index (χ0) is 20.9. The van der Waals surface area contributed by atoms with Crippen LogP contribution in [-0.2, 0) is 11.3 Å². The maximum atomic E-state index is 13.1. The van der Waals surface area contributed by atoms with E-state index in [4.69, 9.17) is 9.47 Å². The zero-order valence-electron chi connectivity index (χ0n) is 16.1. The summed E-state index contributed by atoms with van der Waals surface area (Å²) >= 11 is 1.39. The van der Waals surface area contributed by atoms with Crippen molar-refractivity contribution >= 4 is 32.6 Å². The molecule has 0 bridgehead atoms. The zero-order valence-corrected chi connectivity index (χ0v) is 16.9. The van der Waals surface area contributed by atoms with E-state index in [0.717, 1.165) is 21.5 Å². The molecule has 0 unspecified atom stereocenters. The highest BCUT2D eigenvalue weighted by atomic mass is 32.1. The number of anilines is 1. The van der Waals surface area contributed by atoms with E-state index in [-0.39, 0.29) is 18.3 Å². The molecule has 152 valence electrons. The van der Waals surface area contributed by atoms with Gasteiger partial charge in [0.2, 0.25) is 0 Å². The molecule has 0 aliphatic carbocycles. The summed E-state index contributed by atoms with van der Waals surface area (Å²) in [5.74, 6) is 0.508. The predicted octanol–water partition coefficient (Wildman–Crippen LogP) is 4.45. The van der Waals surface area contributed by atoms with Crippen molar-refractivity contribution < 1.29 is 18.7 Å². The molecule has 0 saturated heterocycles. The molecule has 2 aromatic carbocycles. The Labute approximate surface area is 176 Å². The Morgan fingerprint density at radius 2 is 1.93 bits per heavy atom. The van der Waals surface area contributed by atoms with Gasteiger partial charge in [-0.2, -0.15) is 0 Å². The Hall–Kier alpha value is -3.52. The number of benzene rings is 2. The second kappa shape index (κ2) is 8.87. The molecule has 0 fully saturated rings. The summed E-state index contributed by atoms with van der Waals surface area (Å²) in [6.07, 6.45) is 3.38. The van der Waals surface area contributed by atoms with Crippen molar-refractivity contribution in [3.05, 3.63) is 78.4 Å². The third-order valence-corrected chi connectivity index (χ3v) is 5.40. The van der Waals surface area contributed by atoms with Crippen molar-refractivity contribution in [3.8, 4) is 11.5 Å². The number of halogens is 1. The minimum Gasteiger partial charge on any atom is -0.497 e. The summed E-state index contributed by atoms with van der Waals surface area (Å²) < 4.78 is 24.8. The smallest absolute Gasteiger partial charge is 0.267 e. The van der Waals surface area contributed by atoms with Crippen molar-refractivity contribution in [3.63, 3.8) is 0 Å². The van der Waals surface area contributed by atoms with Crippen LogP contribution in [0, 0.1) is 5.82 Å². The first-order valence-corrected chi connectivity index (χ1v) is 9.96. The van der Waals surface area contributed by atoms with E-state index in [1.807, 2.05) is 30.3 Å². The Balaban J connectivity index is 1.60. The number of amides is 1. The molecule has 2 aromatic heterocycles. The first-order chi connectivity index (χ1) is 14.6. The number of pyridine rings is 1. The summed E-state index contributed by atoms with van der Waals surface area (Å²) in [6.45, 7) is 0.0988. The summed E-state index contributed by atoms with van der Waals surface area (Å²) in [5.41, 5.74) is 1.64. The van der Waals surface area contributed by atoms with Crippen LogP contribution in [0.15, 0.2) is 67.0 Å². The van der Waals surface area contributed by atoms with Crippen LogP contribution in [-0.4, -0.2) is 29.6 Å². The van der Waals surface area contributed by atoms with Gasteiger partial charge in [-0.25, -0.2) is 9.37 Å². The van der Waals surface area contributed by atoms with Crippen LogP contribution in [0.1, 0.15) is 5.56 Å². The lowest BCUT2D eigenvalue weighted by Crippen LogP contribution is -2.34. The molecule has 4 aromatic rings. The number of ether oxygens (including phenoxy) is 2. The number of carbonyl (C=O) groups is 1. The second-order valence-electron chi connectivity index (χ2n) is 6.41. The van der Waals surface area contributed by atoms with Crippen LogP contribution in [0.25, 0.3) is 10.2 Å². The minimum absolute atomic E-state index is 0.203. The van der Waals surface area contributed by atoms with Crippen molar-refractivity contribution in [2.45, 2.75) is 6.54 Å². The standard InChI is InChI=1S/C22H18FN3O3S/c1-28-18-8-9-19-20(11-18)30-22(25-19)26(13-15-3-2-10-24-12-15)21(27)14-29-17-6-4-16(23)5-7-17/h2-12H,13-14H2,1H3. The molecule has 0 spiro atoms. The highest BCUT2D eigenvalue weighted by molar-refractivity contribution is 7.22. The first kappa shape index (κ1) is 19.8. The van der Waals surface area contributed by atoms with Crippen molar-refractivity contribution in [1.29, 1.82) is 0 Å². The maximum Gasteiger partial charge on any atom is 0.267 e. The van der Waals surface area contributed by atoms with Gasteiger partial charge >= 0.3 is 0 Å². The average molecular weight is 423 g/mol. The van der Waals surface area contributed by atoms with E-state index < -0.39 is 0 Å². The molecular formula is C22H18FN3O3S. The molecule has 2 heterocycles. The Morgan fingerprint density at radius 1 is 1.13 bits per heavy atom. The Bertz CT molecular complexity index is 1150. The van der Waals surface area contributed by atoms with Crippen LogP contribution >= 0.6 is 11.3 Å². The van der Waals surface area contributed by atoms with E-state index >= 15 is 0 Å². The van der Waals surface area contributed by atoms with E-state index in [0.29, 0.717) is 17.4 Å². The van der Waals surface area contributed by atoms with Gasteiger partial charge in [0.05, 0.1) is 23.9 Å². The van der Waals surface area contributed by atoms with Crippen molar-refractivity contribution in [2.24, 2.45) is 0 Å². The number of methoxy groups -OCH3 is 1. The lowest BCUT2D eigenvalue weighted by atomic mass is 10.2. The van der Waals surface area contributed by atoms with Gasteiger partial charge in [-0.1, -0.05) is 17.4 Å². The van der Waals surface area contributed by atoms with E-state index in [1.165, 1.54) is 35.6 Å². The Kier molecular flexibility index (Phi) is 5.85. The molecule has 4 rings (SSSR count). The first-order valence-electron chi connectivity index (χ1n) is 9.14. The largest absolute Gasteiger partial charge is 0.497 e. The quantitative estimate of drug-likeness (QED) is 0.439. The molecular weight excluding hydrogens is 405 g/mol. The fourth-order valence-corrected chi connectivity index (χ4v) is 3.84. The molecule has 8 heteroatoms. The van der Waals surface area contributed by atoms with Gasteiger partial charge in [-0.3, -0.25) is 14.7 Å².